The molecule has 0 atom stereocenters. The Morgan fingerprint density at radius 1 is 1.00 bits per heavy atom. The Hall–Kier alpha value is -3.62. The number of halogens is 1. The van der Waals surface area contributed by atoms with Crippen LogP contribution in [0.15, 0.2) is 84.0 Å². The van der Waals surface area contributed by atoms with Crippen LogP contribution in [0.3, 0.4) is 0 Å². The van der Waals surface area contributed by atoms with Crippen LogP contribution in [0.2, 0.25) is 5.02 Å². The molecule has 9 heteroatoms. The van der Waals surface area contributed by atoms with E-state index in [2.05, 4.69) is 15.0 Å². The standard InChI is InChI=1S/C25H23ClN4O3S/c1-17-3-8-21(9-4-17)29-34(32,33)24-15-20(7-12-23(24)26)25(31)28-16-19-5-10-22(11-6-19)30-14-13-27-18(30)2/h3-15,29H,16H2,1-2H3,(H,28,31). The van der Waals surface area contributed by atoms with Crippen LogP contribution >= 0.6 is 11.6 Å². The second-order valence-corrected chi connectivity index (χ2v) is 9.87. The highest BCUT2D eigenvalue weighted by atomic mass is 35.5. The van der Waals surface area contributed by atoms with E-state index in [1.165, 1.54) is 18.2 Å². The van der Waals surface area contributed by atoms with Gasteiger partial charge in [0.05, 0.1) is 5.02 Å². The Bertz CT molecular complexity index is 1430. The number of nitrogens with zero attached hydrogens (tertiary/aromatic N) is 2. The molecule has 7 nitrogen and oxygen atoms in total. The van der Waals surface area contributed by atoms with Gasteiger partial charge in [0.2, 0.25) is 0 Å². The van der Waals surface area contributed by atoms with Gasteiger partial charge in [0, 0.05) is 35.9 Å². The number of anilines is 1. The number of benzene rings is 3. The summed E-state index contributed by atoms with van der Waals surface area (Å²) in [5.41, 5.74) is 3.48. The number of nitrogens with one attached hydrogen (secondary N) is 2. The summed E-state index contributed by atoms with van der Waals surface area (Å²) in [5.74, 6) is 0.476. The lowest BCUT2D eigenvalue weighted by molar-refractivity contribution is 0.0950. The van der Waals surface area contributed by atoms with E-state index in [1.807, 2.05) is 48.9 Å². The highest BCUT2D eigenvalue weighted by Crippen LogP contribution is 2.25. The minimum absolute atomic E-state index is 0.0292. The summed E-state index contributed by atoms with van der Waals surface area (Å²) < 4.78 is 30.2. The number of carbonyl (C=O) groups is 1. The highest BCUT2D eigenvalue weighted by Gasteiger charge is 2.20. The number of sulfonamides is 1. The lowest BCUT2D eigenvalue weighted by Gasteiger charge is -2.12. The Kier molecular flexibility index (Phi) is 6.72. The van der Waals surface area contributed by atoms with Crippen LogP contribution in [-0.4, -0.2) is 23.9 Å². The summed E-state index contributed by atoms with van der Waals surface area (Å²) in [6.45, 7) is 4.12. The number of hydrogen-bond donors (Lipinski definition) is 2. The van der Waals surface area contributed by atoms with E-state index in [0.717, 1.165) is 22.6 Å². The van der Waals surface area contributed by atoms with Crippen molar-refractivity contribution >= 4 is 33.2 Å². The van der Waals surface area contributed by atoms with E-state index in [4.69, 9.17) is 11.6 Å². The summed E-state index contributed by atoms with van der Waals surface area (Å²) >= 11 is 6.16. The predicted octanol–water partition coefficient (Wildman–Crippen LogP) is 4.87. The van der Waals surface area contributed by atoms with E-state index in [1.54, 1.807) is 30.5 Å². The number of amides is 1. The molecule has 2 N–H and O–H groups in total. The molecule has 0 saturated carbocycles. The molecule has 4 aromatic rings. The molecule has 1 heterocycles. The molecule has 3 aromatic carbocycles. The van der Waals surface area contributed by atoms with Crippen molar-refractivity contribution < 1.29 is 13.2 Å². The molecular weight excluding hydrogens is 472 g/mol. The van der Waals surface area contributed by atoms with Crippen LogP contribution in [0, 0.1) is 13.8 Å². The van der Waals surface area contributed by atoms with Crippen LogP contribution in [0.1, 0.15) is 27.3 Å². The molecule has 1 amide bonds. The number of carbonyl (C=O) groups excluding carboxylic acids is 1. The zero-order valence-electron chi connectivity index (χ0n) is 18.6. The van der Waals surface area contributed by atoms with Gasteiger partial charge in [0.25, 0.3) is 15.9 Å². The summed E-state index contributed by atoms with van der Waals surface area (Å²) in [4.78, 5) is 16.8. The van der Waals surface area contributed by atoms with Crippen LogP contribution in [0.4, 0.5) is 5.69 Å². The molecule has 4 rings (SSSR count). The normalized spacial score (nSPS) is 11.3. The molecule has 0 unspecified atom stereocenters. The fourth-order valence-corrected chi connectivity index (χ4v) is 4.98. The van der Waals surface area contributed by atoms with Gasteiger partial charge in [-0.1, -0.05) is 41.4 Å². The van der Waals surface area contributed by atoms with E-state index in [-0.39, 0.29) is 22.0 Å². The minimum atomic E-state index is -3.98. The van der Waals surface area contributed by atoms with Crippen molar-refractivity contribution in [2.24, 2.45) is 0 Å². The Balaban J connectivity index is 1.46. The van der Waals surface area contributed by atoms with Crippen LogP contribution in [0.25, 0.3) is 5.69 Å². The molecule has 0 radical (unpaired) electrons. The van der Waals surface area contributed by atoms with Gasteiger partial charge in [-0.3, -0.25) is 9.52 Å². The third kappa shape index (κ3) is 5.30. The van der Waals surface area contributed by atoms with E-state index in [0.29, 0.717) is 5.69 Å². The van der Waals surface area contributed by atoms with E-state index < -0.39 is 15.9 Å². The average molecular weight is 495 g/mol. The van der Waals surface area contributed by atoms with Crippen molar-refractivity contribution in [1.82, 2.24) is 14.9 Å². The smallest absolute Gasteiger partial charge is 0.263 e. The fraction of sp³-hybridized carbons (Fsp3) is 0.120. The van der Waals surface area contributed by atoms with Gasteiger partial charge in [-0.05, 0) is 61.9 Å². The number of hydrogen-bond acceptors (Lipinski definition) is 4. The molecule has 34 heavy (non-hydrogen) atoms. The first-order valence-corrected chi connectivity index (χ1v) is 12.4. The van der Waals surface area contributed by atoms with Crippen LogP contribution in [-0.2, 0) is 16.6 Å². The van der Waals surface area contributed by atoms with Crippen molar-refractivity contribution in [3.05, 3.63) is 107 Å². The third-order valence-electron chi connectivity index (χ3n) is 5.28. The van der Waals surface area contributed by atoms with Gasteiger partial charge in [0.15, 0.2) is 0 Å². The Morgan fingerprint density at radius 3 is 2.35 bits per heavy atom. The monoisotopic (exact) mass is 494 g/mol. The first kappa shape index (κ1) is 23.5. The second-order valence-electron chi connectivity index (χ2n) is 7.81. The topological polar surface area (TPSA) is 93.1 Å². The largest absolute Gasteiger partial charge is 0.348 e. The maximum atomic E-state index is 12.9. The van der Waals surface area contributed by atoms with Crippen molar-refractivity contribution in [3.8, 4) is 5.69 Å². The molecule has 174 valence electrons. The van der Waals surface area contributed by atoms with Crippen molar-refractivity contribution in [3.63, 3.8) is 0 Å². The SMILES string of the molecule is Cc1ccc(NS(=O)(=O)c2cc(C(=O)NCc3ccc(-n4ccnc4C)cc3)ccc2Cl)cc1. The quantitative estimate of drug-likeness (QED) is 0.383. The maximum Gasteiger partial charge on any atom is 0.263 e. The number of aromatic nitrogens is 2. The van der Waals surface area contributed by atoms with Gasteiger partial charge in [-0.15, -0.1) is 0 Å². The number of rotatable bonds is 7. The summed E-state index contributed by atoms with van der Waals surface area (Å²) in [6.07, 6.45) is 3.62. The average Bonchev–Trinajstić information content (AvgIpc) is 3.25. The molecule has 0 spiro atoms. The lowest BCUT2D eigenvalue weighted by Crippen LogP contribution is -2.23. The molecule has 0 saturated heterocycles. The Morgan fingerprint density at radius 2 is 1.71 bits per heavy atom. The van der Waals surface area contributed by atoms with Crippen LogP contribution < -0.4 is 10.0 Å². The Labute approximate surface area is 203 Å². The first-order chi connectivity index (χ1) is 16.2. The van der Waals surface area contributed by atoms with Gasteiger partial charge < -0.3 is 9.88 Å². The summed E-state index contributed by atoms with van der Waals surface area (Å²) in [7, 11) is -3.98. The molecule has 0 bridgehead atoms. The zero-order chi connectivity index (χ0) is 24.3. The van der Waals surface area contributed by atoms with Gasteiger partial charge in [-0.2, -0.15) is 0 Å². The molecule has 0 fully saturated rings. The second kappa shape index (κ2) is 9.70. The van der Waals surface area contributed by atoms with Crippen molar-refractivity contribution in [2.45, 2.75) is 25.3 Å². The molecule has 1 aromatic heterocycles. The summed E-state index contributed by atoms with van der Waals surface area (Å²) in [6, 6.07) is 18.8. The van der Waals surface area contributed by atoms with Crippen LogP contribution in [0.5, 0.6) is 0 Å². The van der Waals surface area contributed by atoms with E-state index >= 15 is 0 Å². The third-order valence-corrected chi connectivity index (χ3v) is 7.14. The molecule has 0 aliphatic rings. The molecule has 0 aliphatic heterocycles. The fourth-order valence-electron chi connectivity index (χ4n) is 3.39. The minimum Gasteiger partial charge on any atom is -0.348 e. The van der Waals surface area contributed by atoms with Gasteiger partial charge in [-0.25, -0.2) is 13.4 Å². The zero-order valence-corrected chi connectivity index (χ0v) is 20.2. The number of aryl methyl sites for hydroxylation is 2. The van der Waals surface area contributed by atoms with E-state index in [9.17, 15) is 13.2 Å². The highest BCUT2D eigenvalue weighted by molar-refractivity contribution is 7.92. The van der Waals surface area contributed by atoms with Gasteiger partial charge >= 0.3 is 0 Å². The molecule has 0 aliphatic carbocycles. The maximum absolute atomic E-state index is 12.9. The predicted molar refractivity (Wildman–Crippen MR) is 133 cm³/mol. The first-order valence-electron chi connectivity index (χ1n) is 10.5. The van der Waals surface area contributed by atoms with Gasteiger partial charge in [0.1, 0.15) is 10.7 Å². The van der Waals surface area contributed by atoms with Crippen molar-refractivity contribution in [2.75, 3.05) is 4.72 Å². The molecular formula is C25H23ClN4O3S. The number of imidazole rings is 1. The van der Waals surface area contributed by atoms with Crippen molar-refractivity contribution in [1.29, 1.82) is 0 Å². The lowest BCUT2D eigenvalue weighted by atomic mass is 10.1. The summed E-state index contributed by atoms with van der Waals surface area (Å²) in [5, 5.41) is 2.85.